The lowest BCUT2D eigenvalue weighted by Crippen LogP contribution is -2.06. The van der Waals surface area contributed by atoms with E-state index in [0.29, 0.717) is 26.4 Å². The summed E-state index contributed by atoms with van der Waals surface area (Å²) in [6, 6.07) is 16.7. The van der Waals surface area contributed by atoms with Crippen LogP contribution in [0.3, 0.4) is 0 Å². The van der Waals surface area contributed by atoms with E-state index in [9.17, 15) is 0 Å². The molecule has 2 saturated heterocycles. The first-order chi connectivity index (χ1) is 11.9. The Labute approximate surface area is 139 Å². The van der Waals surface area contributed by atoms with Gasteiger partial charge in [-0.15, -0.1) is 0 Å². The molecule has 0 atom stereocenters. The molecule has 0 aromatic heterocycles. The van der Waals surface area contributed by atoms with Crippen LogP contribution in [0.25, 0.3) is 21.5 Å². The van der Waals surface area contributed by atoms with Crippen LogP contribution in [0.15, 0.2) is 48.5 Å². The van der Waals surface area contributed by atoms with Gasteiger partial charge in [-0.2, -0.15) is 0 Å². The highest BCUT2D eigenvalue weighted by molar-refractivity contribution is 6.06. The minimum absolute atomic E-state index is 0.320. The highest BCUT2D eigenvalue weighted by Gasteiger charge is 2.28. The van der Waals surface area contributed by atoms with E-state index >= 15 is 0 Å². The van der Waals surface area contributed by atoms with Crippen LogP contribution in [0.1, 0.15) is 23.7 Å². The molecule has 2 aliphatic heterocycles. The van der Waals surface area contributed by atoms with Crippen molar-refractivity contribution >= 4 is 21.5 Å². The molecule has 0 radical (unpaired) electrons. The molecule has 0 spiro atoms. The zero-order chi connectivity index (χ0) is 15.9. The molecule has 4 heteroatoms. The van der Waals surface area contributed by atoms with Gasteiger partial charge in [-0.1, -0.05) is 48.5 Å². The van der Waals surface area contributed by atoms with Crippen molar-refractivity contribution in [2.45, 2.75) is 12.6 Å². The summed E-state index contributed by atoms with van der Waals surface area (Å²) in [6.45, 7) is 2.52. The minimum Gasteiger partial charge on any atom is -0.346 e. The maximum atomic E-state index is 5.84. The predicted octanol–water partition coefficient (Wildman–Crippen LogP) is 4.08. The van der Waals surface area contributed by atoms with Crippen molar-refractivity contribution in [1.29, 1.82) is 0 Å². The Morgan fingerprint density at radius 1 is 0.500 bits per heavy atom. The van der Waals surface area contributed by atoms with E-state index in [0.717, 1.165) is 32.7 Å². The first-order valence-electron chi connectivity index (χ1n) is 8.33. The highest BCUT2D eigenvalue weighted by Crippen LogP contribution is 2.42. The Kier molecular flexibility index (Phi) is 3.49. The second-order valence-electron chi connectivity index (χ2n) is 6.07. The SMILES string of the molecule is c1ccc2c(C3OCCO3)c3ccccc3c(C3OCCO3)c2c1. The van der Waals surface area contributed by atoms with E-state index in [1.54, 1.807) is 0 Å². The number of hydrogen-bond acceptors (Lipinski definition) is 4. The van der Waals surface area contributed by atoms with E-state index in [-0.39, 0.29) is 12.6 Å². The zero-order valence-electron chi connectivity index (χ0n) is 13.2. The number of benzene rings is 3. The molecule has 3 aromatic carbocycles. The van der Waals surface area contributed by atoms with Crippen molar-refractivity contribution in [3.8, 4) is 0 Å². The summed E-state index contributed by atoms with van der Waals surface area (Å²) < 4.78 is 23.3. The fourth-order valence-corrected chi connectivity index (χ4v) is 3.75. The monoisotopic (exact) mass is 322 g/mol. The second-order valence-corrected chi connectivity index (χ2v) is 6.07. The van der Waals surface area contributed by atoms with E-state index in [4.69, 9.17) is 18.9 Å². The van der Waals surface area contributed by atoms with Crippen molar-refractivity contribution in [3.05, 3.63) is 59.7 Å². The van der Waals surface area contributed by atoms with Crippen LogP contribution >= 0.6 is 0 Å². The third-order valence-electron chi connectivity index (χ3n) is 4.73. The van der Waals surface area contributed by atoms with Gasteiger partial charge in [-0.25, -0.2) is 0 Å². The smallest absolute Gasteiger partial charge is 0.185 e. The molecule has 0 bridgehead atoms. The maximum absolute atomic E-state index is 5.84. The second kappa shape index (κ2) is 5.83. The van der Waals surface area contributed by atoms with Gasteiger partial charge in [0.2, 0.25) is 0 Å². The van der Waals surface area contributed by atoms with Crippen LogP contribution in [0.2, 0.25) is 0 Å². The Hall–Kier alpha value is -1.98. The van der Waals surface area contributed by atoms with Crippen LogP contribution in [0.5, 0.6) is 0 Å². The lowest BCUT2D eigenvalue weighted by atomic mass is 9.91. The lowest BCUT2D eigenvalue weighted by molar-refractivity contribution is -0.0437. The summed E-state index contributed by atoms with van der Waals surface area (Å²) in [6.07, 6.45) is -0.640. The molecule has 0 N–H and O–H groups in total. The van der Waals surface area contributed by atoms with E-state index in [1.165, 1.54) is 0 Å². The molecule has 2 fully saturated rings. The average Bonchev–Trinajstić information content (AvgIpc) is 3.33. The largest absolute Gasteiger partial charge is 0.346 e. The van der Waals surface area contributed by atoms with E-state index in [1.807, 2.05) is 0 Å². The average molecular weight is 322 g/mol. The van der Waals surface area contributed by atoms with Gasteiger partial charge >= 0.3 is 0 Å². The fraction of sp³-hybridized carbons (Fsp3) is 0.300. The molecule has 0 saturated carbocycles. The Morgan fingerprint density at radius 3 is 1.08 bits per heavy atom. The van der Waals surface area contributed by atoms with Gasteiger partial charge in [0.15, 0.2) is 12.6 Å². The lowest BCUT2D eigenvalue weighted by Gasteiger charge is -2.21. The van der Waals surface area contributed by atoms with Crippen LogP contribution < -0.4 is 0 Å². The molecule has 0 aliphatic carbocycles. The third kappa shape index (κ3) is 2.15. The summed E-state index contributed by atoms with van der Waals surface area (Å²) in [4.78, 5) is 0. The van der Waals surface area contributed by atoms with E-state index < -0.39 is 0 Å². The van der Waals surface area contributed by atoms with Crippen molar-refractivity contribution < 1.29 is 18.9 Å². The molecule has 2 aliphatic rings. The maximum Gasteiger partial charge on any atom is 0.185 e. The minimum atomic E-state index is -0.320. The number of fused-ring (bicyclic) bond motifs is 2. The zero-order valence-corrected chi connectivity index (χ0v) is 13.2. The van der Waals surface area contributed by atoms with Crippen LogP contribution in [0.4, 0.5) is 0 Å². The van der Waals surface area contributed by atoms with Gasteiger partial charge in [-0.3, -0.25) is 0 Å². The quantitative estimate of drug-likeness (QED) is 0.666. The summed E-state index contributed by atoms with van der Waals surface area (Å²) in [5, 5.41) is 4.55. The summed E-state index contributed by atoms with van der Waals surface area (Å²) in [7, 11) is 0. The van der Waals surface area contributed by atoms with Gasteiger partial charge in [0, 0.05) is 11.1 Å². The van der Waals surface area contributed by atoms with Crippen LogP contribution in [-0.2, 0) is 18.9 Å². The topological polar surface area (TPSA) is 36.9 Å². The number of rotatable bonds is 2. The van der Waals surface area contributed by atoms with Crippen molar-refractivity contribution in [3.63, 3.8) is 0 Å². The third-order valence-corrected chi connectivity index (χ3v) is 4.73. The molecule has 5 rings (SSSR count). The molecule has 0 unspecified atom stereocenters. The molecule has 122 valence electrons. The van der Waals surface area contributed by atoms with Gasteiger partial charge in [0.25, 0.3) is 0 Å². The molecular weight excluding hydrogens is 304 g/mol. The molecular formula is C20H18O4. The van der Waals surface area contributed by atoms with Gasteiger partial charge in [0.1, 0.15) is 0 Å². The summed E-state index contributed by atoms with van der Waals surface area (Å²) in [5.74, 6) is 0. The van der Waals surface area contributed by atoms with Gasteiger partial charge in [0.05, 0.1) is 26.4 Å². The van der Waals surface area contributed by atoms with Crippen molar-refractivity contribution in [1.82, 2.24) is 0 Å². The Morgan fingerprint density at radius 2 is 0.792 bits per heavy atom. The first kappa shape index (κ1) is 14.4. The van der Waals surface area contributed by atoms with Crippen molar-refractivity contribution in [2.24, 2.45) is 0 Å². The van der Waals surface area contributed by atoms with Gasteiger partial charge < -0.3 is 18.9 Å². The molecule has 4 nitrogen and oxygen atoms in total. The summed E-state index contributed by atoms with van der Waals surface area (Å²) in [5.41, 5.74) is 2.20. The number of ether oxygens (including phenoxy) is 4. The van der Waals surface area contributed by atoms with Gasteiger partial charge in [-0.05, 0) is 21.5 Å². The van der Waals surface area contributed by atoms with Crippen LogP contribution in [0, 0.1) is 0 Å². The normalized spacial score (nSPS) is 19.7. The predicted molar refractivity (Wildman–Crippen MR) is 90.7 cm³/mol. The molecule has 2 heterocycles. The molecule has 0 amide bonds. The summed E-state index contributed by atoms with van der Waals surface area (Å²) >= 11 is 0. The molecule has 3 aromatic rings. The van der Waals surface area contributed by atoms with E-state index in [2.05, 4.69) is 48.5 Å². The number of hydrogen-bond donors (Lipinski definition) is 0. The first-order valence-corrected chi connectivity index (χ1v) is 8.33. The Bertz CT molecular complexity index is 762. The molecule has 24 heavy (non-hydrogen) atoms. The Balaban J connectivity index is 1.89. The van der Waals surface area contributed by atoms with Crippen molar-refractivity contribution in [2.75, 3.05) is 26.4 Å². The standard InChI is InChI=1S/C20H18O4/c1-2-6-14-13(5-1)17(19-21-9-10-22-19)15-7-3-4-8-16(15)18(14)20-23-11-12-24-20/h1-8,19-20H,9-12H2. The van der Waals surface area contributed by atoms with Crippen LogP contribution in [-0.4, -0.2) is 26.4 Å². The fourth-order valence-electron chi connectivity index (χ4n) is 3.75. The highest BCUT2D eigenvalue weighted by atomic mass is 16.7.